The summed E-state index contributed by atoms with van der Waals surface area (Å²) in [6, 6.07) is 0. The predicted octanol–water partition coefficient (Wildman–Crippen LogP) is 0.860. The van der Waals surface area contributed by atoms with Gasteiger partial charge < -0.3 is 15.1 Å². The number of aryl methyl sites for hydroxylation is 1. The standard InChI is InChI=1S/C17H33N7O2S2/c1-5-15-20-17(27-21-15)24-13-11-23(12-14-24)16(18-6-2)19-9-8-10-22(4)28(25,26)7-3/h5-14H2,1-4H3,(H,18,19). The molecule has 28 heavy (non-hydrogen) atoms. The molecule has 2 rings (SSSR count). The van der Waals surface area contributed by atoms with E-state index in [4.69, 9.17) is 4.99 Å². The second kappa shape index (κ2) is 10.9. The highest BCUT2D eigenvalue weighted by molar-refractivity contribution is 7.89. The first-order chi connectivity index (χ1) is 13.4. The van der Waals surface area contributed by atoms with Crippen LogP contribution in [0.1, 0.15) is 33.0 Å². The van der Waals surface area contributed by atoms with Gasteiger partial charge in [-0.15, -0.1) is 0 Å². The summed E-state index contributed by atoms with van der Waals surface area (Å²) in [5.74, 6) is 1.94. The second-order valence-corrected chi connectivity index (χ2v) is 9.73. The van der Waals surface area contributed by atoms with Crippen molar-refractivity contribution in [2.75, 3.05) is 63.5 Å². The number of nitrogens with zero attached hydrogens (tertiary/aromatic N) is 6. The van der Waals surface area contributed by atoms with Crippen LogP contribution in [-0.2, 0) is 16.4 Å². The minimum Gasteiger partial charge on any atom is -0.357 e. The molecule has 0 spiro atoms. The summed E-state index contributed by atoms with van der Waals surface area (Å²) in [4.78, 5) is 13.8. The van der Waals surface area contributed by atoms with Crippen molar-refractivity contribution < 1.29 is 8.42 Å². The maximum atomic E-state index is 11.8. The molecule has 1 N–H and O–H groups in total. The Hall–Kier alpha value is -1.46. The molecule has 0 atom stereocenters. The lowest BCUT2D eigenvalue weighted by Gasteiger charge is -2.36. The minimum atomic E-state index is -3.12. The fourth-order valence-corrected chi connectivity index (χ4v) is 4.54. The third-order valence-electron chi connectivity index (χ3n) is 4.69. The molecule has 1 aliphatic heterocycles. The van der Waals surface area contributed by atoms with Crippen molar-refractivity contribution in [2.45, 2.75) is 33.6 Å². The average Bonchev–Trinajstić information content (AvgIpc) is 3.19. The summed E-state index contributed by atoms with van der Waals surface area (Å²) < 4.78 is 29.4. The van der Waals surface area contributed by atoms with Crippen molar-refractivity contribution in [1.29, 1.82) is 0 Å². The van der Waals surface area contributed by atoms with E-state index in [-0.39, 0.29) is 5.75 Å². The number of guanidine groups is 1. The van der Waals surface area contributed by atoms with Crippen LogP contribution in [0.15, 0.2) is 4.99 Å². The van der Waals surface area contributed by atoms with E-state index in [0.29, 0.717) is 19.5 Å². The summed E-state index contributed by atoms with van der Waals surface area (Å²) >= 11 is 1.47. The van der Waals surface area contributed by atoms with Crippen molar-refractivity contribution in [3.63, 3.8) is 0 Å². The fraction of sp³-hybridized carbons (Fsp3) is 0.824. The largest absolute Gasteiger partial charge is 0.357 e. The molecule has 0 unspecified atom stereocenters. The van der Waals surface area contributed by atoms with Crippen molar-refractivity contribution >= 4 is 32.6 Å². The van der Waals surface area contributed by atoms with E-state index in [9.17, 15) is 8.42 Å². The Morgan fingerprint density at radius 1 is 1.25 bits per heavy atom. The number of hydrogen-bond donors (Lipinski definition) is 1. The SMILES string of the molecule is CCNC(=NCCCN(C)S(=O)(=O)CC)N1CCN(c2nc(CC)ns2)CC1. The molecule has 1 aromatic rings. The maximum absolute atomic E-state index is 11.8. The molecule has 0 aliphatic carbocycles. The Morgan fingerprint density at radius 3 is 2.54 bits per heavy atom. The van der Waals surface area contributed by atoms with Gasteiger partial charge in [0, 0.05) is 70.8 Å². The first kappa shape index (κ1) is 22.8. The smallest absolute Gasteiger partial charge is 0.213 e. The third-order valence-corrected chi connectivity index (χ3v) is 7.37. The van der Waals surface area contributed by atoms with Crippen molar-refractivity contribution in [3.8, 4) is 0 Å². The van der Waals surface area contributed by atoms with Crippen LogP contribution in [0.3, 0.4) is 0 Å². The summed E-state index contributed by atoms with van der Waals surface area (Å²) in [6.07, 6.45) is 1.57. The highest BCUT2D eigenvalue weighted by atomic mass is 32.2. The summed E-state index contributed by atoms with van der Waals surface area (Å²) in [7, 11) is -1.49. The molecule has 1 saturated heterocycles. The first-order valence-electron chi connectivity index (χ1n) is 9.96. The third kappa shape index (κ3) is 6.28. The van der Waals surface area contributed by atoms with Gasteiger partial charge in [-0.2, -0.15) is 4.37 Å². The molecular formula is C17H33N7O2S2. The van der Waals surface area contributed by atoms with Crippen LogP contribution in [0.5, 0.6) is 0 Å². The van der Waals surface area contributed by atoms with Gasteiger partial charge in [-0.25, -0.2) is 17.7 Å². The van der Waals surface area contributed by atoms with E-state index in [1.165, 1.54) is 15.8 Å². The minimum absolute atomic E-state index is 0.133. The normalized spacial score (nSPS) is 16.1. The van der Waals surface area contributed by atoms with Crippen LogP contribution >= 0.6 is 11.5 Å². The second-order valence-electron chi connectivity index (χ2n) is 6.63. The Morgan fingerprint density at radius 2 is 1.96 bits per heavy atom. The van der Waals surface area contributed by atoms with Gasteiger partial charge in [0.25, 0.3) is 0 Å². The summed E-state index contributed by atoms with van der Waals surface area (Å²) in [5.41, 5.74) is 0. The van der Waals surface area contributed by atoms with Crippen molar-refractivity contribution in [3.05, 3.63) is 5.82 Å². The number of sulfonamides is 1. The monoisotopic (exact) mass is 431 g/mol. The van der Waals surface area contributed by atoms with E-state index in [1.807, 2.05) is 0 Å². The van der Waals surface area contributed by atoms with Crippen LogP contribution in [0.2, 0.25) is 0 Å². The number of nitrogens with one attached hydrogen (secondary N) is 1. The van der Waals surface area contributed by atoms with Crippen LogP contribution in [0.25, 0.3) is 0 Å². The van der Waals surface area contributed by atoms with Gasteiger partial charge in [-0.05, 0) is 20.3 Å². The fourth-order valence-electron chi connectivity index (χ4n) is 2.89. The number of hydrogen-bond acceptors (Lipinski definition) is 7. The van der Waals surface area contributed by atoms with E-state index in [0.717, 1.165) is 56.1 Å². The van der Waals surface area contributed by atoms with Crippen LogP contribution < -0.4 is 10.2 Å². The molecule has 2 heterocycles. The van der Waals surface area contributed by atoms with Gasteiger partial charge in [-0.1, -0.05) is 6.92 Å². The molecular weight excluding hydrogens is 398 g/mol. The topological polar surface area (TPSA) is 94.0 Å². The van der Waals surface area contributed by atoms with Crippen LogP contribution in [0, 0.1) is 0 Å². The zero-order valence-corrected chi connectivity index (χ0v) is 19.0. The first-order valence-corrected chi connectivity index (χ1v) is 12.3. The van der Waals surface area contributed by atoms with E-state index < -0.39 is 10.0 Å². The highest BCUT2D eigenvalue weighted by Gasteiger charge is 2.22. The molecule has 160 valence electrons. The van der Waals surface area contributed by atoms with Gasteiger partial charge in [-0.3, -0.25) is 4.99 Å². The van der Waals surface area contributed by atoms with Gasteiger partial charge in [0.05, 0.1) is 5.75 Å². The van der Waals surface area contributed by atoms with Gasteiger partial charge in [0.1, 0.15) is 5.82 Å². The Bertz CT molecular complexity index is 728. The lowest BCUT2D eigenvalue weighted by Crippen LogP contribution is -2.52. The average molecular weight is 432 g/mol. The molecule has 11 heteroatoms. The number of piperazine rings is 1. The molecule has 0 radical (unpaired) electrons. The van der Waals surface area contributed by atoms with Crippen molar-refractivity contribution in [1.82, 2.24) is 23.9 Å². The number of anilines is 1. The summed E-state index contributed by atoms with van der Waals surface area (Å²) in [5, 5.41) is 4.35. The predicted molar refractivity (Wildman–Crippen MR) is 116 cm³/mol. The number of aromatic nitrogens is 2. The van der Waals surface area contributed by atoms with Crippen LogP contribution in [0.4, 0.5) is 5.13 Å². The zero-order chi connectivity index (χ0) is 20.6. The van der Waals surface area contributed by atoms with E-state index >= 15 is 0 Å². The van der Waals surface area contributed by atoms with Gasteiger partial charge >= 0.3 is 0 Å². The molecule has 0 aromatic carbocycles. The lowest BCUT2D eigenvalue weighted by molar-refractivity contribution is 0.372. The molecule has 0 amide bonds. The zero-order valence-electron chi connectivity index (χ0n) is 17.4. The molecule has 0 saturated carbocycles. The maximum Gasteiger partial charge on any atom is 0.213 e. The number of rotatable bonds is 9. The summed E-state index contributed by atoms with van der Waals surface area (Å²) in [6.45, 7) is 11.2. The Labute approximate surface area is 173 Å². The molecule has 1 aromatic heterocycles. The molecule has 0 bridgehead atoms. The van der Waals surface area contributed by atoms with Gasteiger partial charge in [0.2, 0.25) is 15.2 Å². The molecule has 9 nitrogen and oxygen atoms in total. The Balaban J connectivity index is 1.85. The lowest BCUT2D eigenvalue weighted by atomic mass is 10.3. The van der Waals surface area contributed by atoms with E-state index in [1.54, 1.807) is 14.0 Å². The number of aliphatic imine (C=N–C) groups is 1. The van der Waals surface area contributed by atoms with E-state index in [2.05, 4.69) is 38.3 Å². The van der Waals surface area contributed by atoms with Crippen LogP contribution in [-0.4, -0.2) is 91.6 Å². The highest BCUT2D eigenvalue weighted by Crippen LogP contribution is 2.19. The van der Waals surface area contributed by atoms with Gasteiger partial charge in [0.15, 0.2) is 5.96 Å². The Kier molecular flexibility index (Phi) is 8.90. The van der Waals surface area contributed by atoms with Crippen molar-refractivity contribution in [2.24, 2.45) is 4.99 Å². The molecule has 1 fully saturated rings. The quantitative estimate of drug-likeness (QED) is 0.352. The molecule has 1 aliphatic rings.